The fraction of sp³-hybridized carbons (Fsp3) is 0.136. The largest absolute Gasteiger partial charge is 0.480 e. The Morgan fingerprint density at radius 1 is 1.07 bits per heavy atom. The van der Waals surface area contributed by atoms with E-state index in [2.05, 4.69) is 9.97 Å². The zero-order valence-electron chi connectivity index (χ0n) is 15.6. The summed E-state index contributed by atoms with van der Waals surface area (Å²) in [6, 6.07) is 14.6. The molecule has 4 rings (SSSR count). The molecule has 0 amide bonds. The highest BCUT2D eigenvalue weighted by molar-refractivity contribution is 6.10. The first-order valence-corrected chi connectivity index (χ1v) is 8.92. The molecule has 28 heavy (non-hydrogen) atoms. The van der Waals surface area contributed by atoms with Gasteiger partial charge in [-0.1, -0.05) is 30.3 Å². The number of carboxylic acid groups (broad SMARTS) is 1. The van der Waals surface area contributed by atoms with Crippen molar-refractivity contribution >= 4 is 22.8 Å². The molecule has 4 aromatic rings. The lowest BCUT2D eigenvalue weighted by molar-refractivity contribution is -0.137. The summed E-state index contributed by atoms with van der Waals surface area (Å²) in [5, 5.41) is 9.08. The molecule has 2 aromatic carbocycles. The number of ketones is 1. The van der Waals surface area contributed by atoms with Gasteiger partial charge in [-0.05, 0) is 37.6 Å². The Kier molecular flexibility index (Phi) is 4.31. The summed E-state index contributed by atoms with van der Waals surface area (Å²) >= 11 is 0. The van der Waals surface area contributed by atoms with Crippen LogP contribution in [-0.2, 0) is 11.3 Å². The number of carbonyl (C=O) groups excluding carboxylic acids is 1. The maximum atomic E-state index is 12.7. The van der Waals surface area contributed by atoms with Crippen molar-refractivity contribution in [1.29, 1.82) is 0 Å². The van der Waals surface area contributed by atoms with E-state index in [0.29, 0.717) is 17.0 Å². The highest BCUT2D eigenvalue weighted by atomic mass is 16.4. The number of aromatic amines is 1. The number of hydrogen-bond acceptors (Lipinski definition) is 3. The highest BCUT2D eigenvalue weighted by Gasteiger charge is 2.17. The third-order valence-electron chi connectivity index (χ3n) is 4.86. The second kappa shape index (κ2) is 6.81. The first-order chi connectivity index (χ1) is 13.4. The van der Waals surface area contributed by atoms with Crippen molar-refractivity contribution in [2.45, 2.75) is 20.4 Å². The molecule has 6 nitrogen and oxygen atoms in total. The van der Waals surface area contributed by atoms with Gasteiger partial charge in [0.05, 0.1) is 11.0 Å². The van der Waals surface area contributed by atoms with Gasteiger partial charge in [-0.2, -0.15) is 0 Å². The van der Waals surface area contributed by atoms with Crippen LogP contribution in [0.2, 0.25) is 0 Å². The minimum atomic E-state index is -0.890. The highest BCUT2D eigenvalue weighted by Crippen LogP contribution is 2.29. The van der Waals surface area contributed by atoms with E-state index in [0.717, 1.165) is 27.9 Å². The molecule has 0 bridgehead atoms. The lowest BCUT2D eigenvalue weighted by Crippen LogP contribution is -2.09. The third-order valence-corrected chi connectivity index (χ3v) is 4.86. The van der Waals surface area contributed by atoms with Crippen molar-refractivity contribution in [3.8, 4) is 11.4 Å². The van der Waals surface area contributed by atoms with E-state index in [-0.39, 0.29) is 12.3 Å². The van der Waals surface area contributed by atoms with E-state index in [4.69, 9.17) is 5.11 Å². The fourth-order valence-electron chi connectivity index (χ4n) is 3.52. The Bertz CT molecular complexity index is 1200. The zero-order chi connectivity index (χ0) is 19.8. The van der Waals surface area contributed by atoms with E-state index in [1.165, 1.54) is 0 Å². The zero-order valence-corrected chi connectivity index (χ0v) is 15.6. The summed E-state index contributed by atoms with van der Waals surface area (Å²) in [7, 11) is 0. The van der Waals surface area contributed by atoms with Crippen molar-refractivity contribution in [3.63, 3.8) is 0 Å². The number of nitrogens with one attached hydrogen (secondary N) is 1. The topological polar surface area (TPSA) is 88.0 Å². The van der Waals surface area contributed by atoms with Crippen LogP contribution in [0, 0.1) is 13.8 Å². The molecule has 0 saturated carbocycles. The Morgan fingerprint density at radius 3 is 2.54 bits per heavy atom. The molecule has 2 heterocycles. The Hall–Kier alpha value is -3.67. The molecule has 0 aliphatic heterocycles. The quantitative estimate of drug-likeness (QED) is 0.518. The van der Waals surface area contributed by atoms with Crippen LogP contribution in [0.25, 0.3) is 22.4 Å². The molecular weight excluding hydrogens is 354 g/mol. The van der Waals surface area contributed by atoms with E-state index in [1.807, 2.05) is 44.3 Å². The van der Waals surface area contributed by atoms with Gasteiger partial charge >= 0.3 is 5.97 Å². The number of carbonyl (C=O) groups is 2. The lowest BCUT2D eigenvalue weighted by atomic mass is 10.0. The average Bonchev–Trinajstić information content (AvgIpc) is 3.20. The predicted molar refractivity (Wildman–Crippen MR) is 107 cm³/mol. The summed E-state index contributed by atoms with van der Waals surface area (Å²) in [6.07, 6.45) is 1.82. The van der Waals surface area contributed by atoms with Gasteiger partial charge in [0, 0.05) is 28.6 Å². The molecule has 0 aliphatic rings. The molecule has 6 heteroatoms. The number of hydrogen-bond donors (Lipinski definition) is 2. The Labute approximate surface area is 161 Å². The van der Waals surface area contributed by atoms with Crippen LogP contribution in [0.3, 0.4) is 0 Å². The summed E-state index contributed by atoms with van der Waals surface area (Å²) in [6.45, 7) is 3.71. The molecule has 2 N–H and O–H groups in total. The van der Waals surface area contributed by atoms with Crippen LogP contribution in [0.4, 0.5) is 0 Å². The monoisotopic (exact) mass is 373 g/mol. The molecule has 0 atom stereocenters. The second-order valence-corrected chi connectivity index (χ2v) is 6.81. The van der Waals surface area contributed by atoms with Crippen molar-refractivity contribution < 1.29 is 14.7 Å². The smallest absolute Gasteiger partial charge is 0.323 e. The van der Waals surface area contributed by atoms with Crippen molar-refractivity contribution in [2.75, 3.05) is 0 Å². The van der Waals surface area contributed by atoms with Gasteiger partial charge < -0.3 is 14.7 Å². The SMILES string of the molecule is Cc1cn(CC(=O)O)c(C)c1-c1nc2ccc(C(=O)c3ccccc3)cc2[nH]1. The van der Waals surface area contributed by atoms with Crippen LogP contribution in [0.5, 0.6) is 0 Å². The Morgan fingerprint density at radius 2 is 1.82 bits per heavy atom. The molecule has 0 unspecified atom stereocenters. The van der Waals surface area contributed by atoms with Crippen molar-refractivity contribution in [3.05, 3.63) is 77.1 Å². The molecule has 0 aliphatic carbocycles. The van der Waals surface area contributed by atoms with Gasteiger partial charge in [-0.3, -0.25) is 9.59 Å². The van der Waals surface area contributed by atoms with Gasteiger partial charge in [-0.25, -0.2) is 4.98 Å². The number of imidazole rings is 1. The van der Waals surface area contributed by atoms with Gasteiger partial charge in [-0.15, -0.1) is 0 Å². The van der Waals surface area contributed by atoms with Crippen LogP contribution in [-0.4, -0.2) is 31.4 Å². The third kappa shape index (κ3) is 3.09. The number of rotatable bonds is 5. The van der Waals surface area contributed by atoms with Gasteiger partial charge in [0.1, 0.15) is 12.4 Å². The standard InChI is InChI=1S/C22H19N3O3/c1-13-11-25(12-19(26)27)14(2)20(13)22-23-17-9-8-16(10-18(17)24-22)21(28)15-6-4-3-5-7-15/h3-11H,12H2,1-2H3,(H,23,24)(H,26,27). The van der Waals surface area contributed by atoms with E-state index >= 15 is 0 Å². The maximum Gasteiger partial charge on any atom is 0.323 e. The second-order valence-electron chi connectivity index (χ2n) is 6.81. The lowest BCUT2D eigenvalue weighted by Gasteiger charge is -2.03. The number of nitrogens with zero attached hydrogens (tertiary/aromatic N) is 2. The number of fused-ring (bicyclic) bond motifs is 1. The molecule has 0 radical (unpaired) electrons. The van der Waals surface area contributed by atoms with Crippen LogP contribution in [0.15, 0.2) is 54.7 Å². The molecule has 140 valence electrons. The summed E-state index contributed by atoms with van der Waals surface area (Å²) in [5.41, 5.74) is 5.40. The van der Waals surface area contributed by atoms with Crippen LogP contribution in [0.1, 0.15) is 27.2 Å². The van der Waals surface area contributed by atoms with Crippen molar-refractivity contribution in [1.82, 2.24) is 14.5 Å². The first-order valence-electron chi connectivity index (χ1n) is 8.92. The number of aliphatic carboxylic acids is 1. The molecule has 0 saturated heterocycles. The van der Waals surface area contributed by atoms with E-state index < -0.39 is 5.97 Å². The first kappa shape index (κ1) is 17.7. The maximum absolute atomic E-state index is 12.7. The van der Waals surface area contributed by atoms with Crippen LogP contribution < -0.4 is 0 Å². The fourth-order valence-corrected chi connectivity index (χ4v) is 3.52. The van der Waals surface area contributed by atoms with Crippen molar-refractivity contribution in [2.24, 2.45) is 0 Å². The number of aromatic nitrogens is 3. The molecule has 0 spiro atoms. The van der Waals surface area contributed by atoms with Gasteiger partial charge in [0.15, 0.2) is 5.78 Å². The van der Waals surface area contributed by atoms with Crippen LogP contribution >= 0.6 is 0 Å². The average molecular weight is 373 g/mol. The number of carboxylic acids is 1. The van der Waals surface area contributed by atoms with E-state index in [9.17, 15) is 9.59 Å². The molecular formula is C22H19N3O3. The van der Waals surface area contributed by atoms with Gasteiger partial charge in [0.25, 0.3) is 0 Å². The normalized spacial score (nSPS) is 11.1. The number of benzene rings is 2. The number of aryl methyl sites for hydroxylation is 1. The van der Waals surface area contributed by atoms with Gasteiger partial charge in [0.2, 0.25) is 0 Å². The molecule has 0 fully saturated rings. The minimum Gasteiger partial charge on any atom is -0.480 e. The summed E-state index contributed by atoms with van der Waals surface area (Å²) in [5.74, 6) is -0.268. The number of H-pyrrole nitrogens is 1. The predicted octanol–water partition coefficient (Wildman–Crippen LogP) is 3.96. The Balaban J connectivity index is 1.74. The summed E-state index contributed by atoms with van der Waals surface area (Å²) in [4.78, 5) is 31.7. The summed E-state index contributed by atoms with van der Waals surface area (Å²) < 4.78 is 1.70. The van der Waals surface area contributed by atoms with E-state index in [1.54, 1.807) is 28.8 Å². The molecule has 2 aromatic heterocycles. The minimum absolute atomic E-state index is 0.0429.